The van der Waals surface area contributed by atoms with Crippen LogP contribution in [0.1, 0.15) is 5.69 Å². The summed E-state index contributed by atoms with van der Waals surface area (Å²) in [4.78, 5) is 48.4. The number of carbonyl (C=O) groups is 3. The van der Waals surface area contributed by atoms with E-state index in [1.54, 1.807) is 29.0 Å². The third kappa shape index (κ3) is 4.46. The van der Waals surface area contributed by atoms with Gasteiger partial charge in [0, 0.05) is 24.0 Å². The number of nitrogens with one attached hydrogen (secondary N) is 2. The molecule has 0 unspecified atom stereocenters. The number of para-hydroxylation sites is 1. The third-order valence-corrected chi connectivity index (χ3v) is 4.80. The molecule has 4 rings (SSSR count). The number of hydrogen-bond donors (Lipinski definition) is 2. The van der Waals surface area contributed by atoms with Crippen LogP contribution in [0.25, 0.3) is 11.8 Å². The minimum Gasteiger partial charge on any atom is -0.322 e. The molecule has 1 fully saturated rings. The highest BCUT2D eigenvalue weighted by Gasteiger charge is 2.35. The molecular weight excluding hydrogens is 433 g/mol. The predicted octanol–water partition coefficient (Wildman–Crippen LogP) is 3.06. The van der Waals surface area contributed by atoms with E-state index < -0.39 is 35.1 Å². The number of imide groups is 1. The average molecular weight is 449 g/mol. The lowest BCUT2D eigenvalue weighted by atomic mass is 10.2. The fraction of sp³-hybridized carbons (Fsp3) is 0.0455. The lowest BCUT2D eigenvalue weighted by molar-refractivity contribution is -0.384. The van der Waals surface area contributed by atoms with Gasteiger partial charge in [-0.1, -0.05) is 18.2 Å². The van der Waals surface area contributed by atoms with Crippen LogP contribution in [0.3, 0.4) is 0 Å². The Bertz CT molecular complexity index is 1320. The lowest BCUT2D eigenvalue weighted by Crippen LogP contribution is -2.38. The maximum absolute atomic E-state index is 13.7. The van der Waals surface area contributed by atoms with Crippen molar-refractivity contribution in [2.45, 2.75) is 0 Å². The van der Waals surface area contributed by atoms with Crippen LogP contribution in [0.4, 0.5) is 20.6 Å². The number of aromatic nitrogens is 1. The molecule has 2 aromatic carbocycles. The van der Waals surface area contributed by atoms with Crippen LogP contribution < -0.4 is 10.6 Å². The Morgan fingerprint density at radius 3 is 2.67 bits per heavy atom. The Labute approximate surface area is 186 Å². The van der Waals surface area contributed by atoms with Gasteiger partial charge >= 0.3 is 6.03 Å². The Balaban J connectivity index is 1.53. The normalized spacial score (nSPS) is 14.5. The van der Waals surface area contributed by atoms with Gasteiger partial charge in [-0.05, 0) is 36.4 Å². The van der Waals surface area contributed by atoms with E-state index in [9.17, 15) is 28.9 Å². The quantitative estimate of drug-likeness (QED) is 0.259. The number of non-ortho nitro benzene ring substituents is 1. The summed E-state index contributed by atoms with van der Waals surface area (Å²) in [6.07, 6.45) is 3.04. The summed E-state index contributed by atoms with van der Waals surface area (Å²) in [6.45, 7) is -0.609. The van der Waals surface area contributed by atoms with Crippen molar-refractivity contribution in [2.75, 3.05) is 11.9 Å². The molecule has 1 saturated heterocycles. The summed E-state index contributed by atoms with van der Waals surface area (Å²) in [5.74, 6) is -2.13. The molecule has 33 heavy (non-hydrogen) atoms. The SMILES string of the molecule is O=C(CN1C(=O)N/C(=C/c2cccn2-c2cccc([N+](=O)[O-])c2)C1=O)Nc1ccccc1F. The Hall–Kier alpha value is -4.80. The molecular formula is C22H16FN5O5. The van der Waals surface area contributed by atoms with Crippen LogP contribution in [-0.2, 0) is 9.59 Å². The number of anilines is 1. The fourth-order valence-corrected chi connectivity index (χ4v) is 3.26. The number of nitrogens with zero attached hydrogens (tertiary/aromatic N) is 3. The molecule has 166 valence electrons. The van der Waals surface area contributed by atoms with Crippen LogP contribution in [0.15, 0.2) is 72.6 Å². The van der Waals surface area contributed by atoms with Gasteiger partial charge in [-0.3, -0.25) is 19.7 Å². The number of urea groups is 1. The topological polar surface area (TPSA) is 127 Å². The summed E-state index contributed by atoms with van der Waals surface area (Å²) in [5.41, 5.74) is 0.706. The first kappa shape index (κ1) is 21.4. The van der Waals surface area contributed by atoms with Crippen LogP contribution in [0.5, 0.6) is 0 Å². The molecule has 1 aliphatic rings. The summed E-state index contributed by atoms with van der Waals surface area (Å²) >= 11 is 0. The predicted molar refractivity (Wildman–Crippen MR) is 116 cm³/mol. The molecule has 4 amide bonds. The molecule has 1 aliphatic heterocycles. The van der Waals surface area contributed by atoms with Gasteiger partial charge < -0.3 is 15.2 Å². The van der Waals surface area contributed by atoms with Gasteiger partial charge in [0.05, 0.1) is 16.3 Å². The molecule has 11 heteroatoms. The van der Waals surface area contributed by atoms with E-state index in [0.29, 0.717) is 16.3 Å². The standard InChI is InChI=1S/C22H16FN5O5/c23-17-8-1-2-9-18(17)24-20(29)13-27-21(30)19(25-22(27)31)12-15-7-4-10-26(15)14-5-3-6-16(11-14)28(32)33/h1-12H,13H2,(H,24,29)(H,25,31)/b19-12+. The smallest absolute Gasteiger partial charge is 0.322 e. The number of benzene rings is 2. The summed E-state index contributed by atoms with van der Waals surface area (Å²) in [6, 6.07) is 14.0. The van der Waals surface area contributed by atoms with Crippen molar-refractivity contribution in [3.05, 3.63) is 94.2 Å². The number of hydrogen-bond acceptors (Lipinski definition) is 5. The molecule has 2 heterocycles. The Morgan fingerprint density at radius 2 is 1.91 bits per heavy atom. The maximum atomic E-state index is 13.7. The van der Waals surface area contributed by atoms with Gasteiger partial charge in [-0.15, -0.1) is 0 Å². The first-order valence-corrected chi connectivity index (χ1v) is 9.64. The van der Waals surface area contributed by atoms with Crippen molar-refractivity contribution < 1.29 is 23.7 Å². The van der Waals surface area contributed by atoms with Gasteiger partial charge in [0.1, 0.15) is 18.1 Å². The highest BCUT2D eigenvalue weighted by atomic mass is 19.1. The number of rotatable bonds is 6. The summed E-state index contributed by atoms with van der Waals surface area (Å²) < 4.78 is 15.3. The van der Waals surface area contributed by atoms with Crippen molar-refractivity contribution in [1.29, 1.82) is 0 Å². The Kier molecular flexibility index (Phi) is 5.68. The van der Waals surface area contributed by atoms with Gasteiger partial charge in [0.2, 0.25) is 5.91 Å². The first-order valence-electron chi connectivity index (χ1n) is 9.64. The molecule has 10 nitrogen and oxygen atoms in total. The van der Waals surface area contributed by atoms with Gasteiger partial charge in [-0.2, -0.15) is 0 Å². The van der Waals surface area contributed by atoms with Crippen molar-refractivity contribution in [1.82, 2.24) is 14.8 Å². The highest BCUT2D eigenvalue weighted by molar-refractivity contribution is 6.15. The van der Waals surface area contributed by atoms with Crippen LogP contribution in [0, 0.1) is 15.9 Å². The van der Waals surface area contributed by atoms with Crippen molar-refractivity contribution >= 4 is 35.3 Å². The molecule has 0 saturated carbocycles. The average Bonchev–Trinajstić information content (AvgIpc) is 3.35. The van der Waals surface area contributed by atoms with E-state index in [1.807, 2.05) is 0 Å². The van der Waals surface area contributed by atoms with E-state index in [0.717, 1.165) is 0 Å². The second-order valence-electron chi connectivity index (χ2n) is 6.99. The monoisotopic (exact) mass is 449 g/mol. The van der Waals surface area contributed by atoms with Crippen molar-refractivity contribution in [3.8, 4) is 5.69 Å². The molecule has 3 aromatic rings. The molecule has 0 spiro atoms. The third-order valence-electron chi connectivity index (χ3n) is 4.80. The molecule has 0 bridgehead atoms. The van der Waals surface area contributed by atoms with Gasteiger partial charge in [0.15, 0.2) is 0 Å². The number of halogens is 1. The minimum atomic E-state index is -0.802. The number of carbonyl (C=O) groups excluding carboxylic acids is 3. The van der Waals surface area contributed by atoms with E-state index in [1.165, 1.54) is 48.5 Å². The second-order valence-corrected chi connectivity index (χ2v) is 6.99. The van der Waals surface area contributed by atoms with E-state index in [4.69, 9.17) is 0 Å². The summed E-state index contributed by atoms with van der Waals surface area (Å²) in [5, 5.41) is 15.8. The van der Waals surface area contributed by atoms with Crippen LogP contribution in [0.2, 0.25) is 0 Å². The largest absolute Gasteiger partial charge is 0.329 e. The van der Waals surface area contributed by atoms with Gasteiger partial charge in [0.25, 0.3) is 11.6 Å². The minimum absolute atomic E-state index is 0.0694. The van der Waals surface area contributed by atoms with E-state index in [2.05, 4.69) is 10.6 Å². The number of nitro benzene ring substituents is 1. The number of nitro groups is 1. The first-order chi connectivity index (χ1) is 15.8. The van der Waals surface area contributed by atoms with Crippen LogP contribution >= 0.6 is 0 Å². The zero-order chi connectivity index (χ0) is 23.5. The highest BCUT2D eigenvalue weighted by Crippen LogP contribution is 2.21. The molecule has 0 atom stereocenters. The number of amides is 4. The second kappa shape index (κ2) is 8.75. The van der Waals surface area contributed by atoms with Gasteiger partial charge in [-0.25, -0.2) is 14.1 Å². The molecule has 1 aromatic heterocycles. The Morgan fingerprint density at radius 1 is 1.12 bits per heavy atom. The molecule has 0 aliphatic carbocycles. The van der Waals surface area contributed by atoms with Crippen LogP contribution in [-0.4, -0.2) is 38.8 Å². The van der Waals surface area contributed by atoms with E-state index in [-0.39, 0.29) is 17.1 Å². The maximum Gasteiger partial charge on any atom is 0.329 e. The summed E-state index contributed by atoms with van der Waals surface area (Å²) in [7, 11) is 0. The molecule has 2 N–H and O–H groups in total. The lowest BCUT2D eigenvalue weighted by Gasteiger charge is -2.12. The van der Waals surface area contributed by atoms with Crippen molar-refractivity contribution in [3.63, 3.8) is 0 Å². The zero-order valence-corrected chi connectivity index (χ0v) is 16.9. The fourth-order valence-electron chi connectivity index (χ4n) is 3.26. The zero-order valence-electron chi connectivity index (χ0n) is 16.9. The molecule has 0 radical (unpaired) electrons. The van der Waals surface area contributed by atoms with Crippen molar-refractivity contribution in [2.24, 2.45) is 0 Å². The van der Waals surface area contributed by atoms with E-state index >= 15 is 0 Å².